The number of hydrogen-bond donors (Lipinski definition) is 2. The Bertz CT molecular complexity index is 312. The summed E-state index contributed by atoms with van der Waals surface area (Å²) in [5, 5.41) is 11.8. The summed E-state index contributed by atoms with van der Waals surface area (Å²) in [7, 11) is 0. The first-order valence-electron chi connectivity index (χ1n) is 7.03. The van der Waals surface area contributed by atoms with Crippen molar-refractivity contribution in [3.05, 3.63) is 0 Å². The van der Waals surface area contributed by atoms with Crippen LogP contribution in [0.2, 0.25) is 0 Å². The number of rotatable bonds is 7. The quantitative estimate of drug-likeness (QED) is 0.724. The van der Waals surface area contributed by atoms with Gasteiger partial charge in [0.2, 0.25) is 0 Å². The van der Waals surface area contributed by atoms with Crippen molar-refractivity contribution in [3.63, 3.8) is 0 Å². The van der Waals surface area contributed by atoms with Gasteiger partial charge in [0, 0.05) is 25.2 Å². The zero-order valence-corrected chi connectivity index (χ0v) is 12.1. The van der Waals surface area contributed by atoms with Gasteiger partial charge in [-0.1, -0.05) is 6.92 Å². The highest BCUT2D eigenvalue weighted by Crippen LogP contribution is 2.25. The van der Waals surface area contributed by atoms with E-state index in [1.807, 2.05) is 25.7 Å². The summed E-state index contributed by atoms with van der Waals surface area (Å²) in [6.07, 6.45) is 1.68. The van der Waals surface area contributed by atoms with E-state index in [4.69, 9.17) is 5.11 Å². The number of nitrogens with one attached hydrogen (secondary N) is 1. The lowest BCUT2D eigenvalue weighted by molar-refractivity contribution is -0.139. The molecule has 0 spiro atoms. The average molecular weight is 271 g/mol. The molecule has 0 aromatic rings. The SMILES string of the molecule is CCN(CC)C(=O)NC1CC(N(CC)CC(=O)O)C1. The zero-order valence-electron chi connectivity index (χ0n) is 12.1. The second kappa shape index (κ2) is 7.33. The van der Waals surface area contributed by atoms with Gasteiger partial charge in [-0.3, -0.25) is 9.69 Å². The van der Waals surface area contributed by atoms with Crippen molar-refractivity contribution >= 4 is 12.0 Å². The van der Waals surface area contributed by atoms with Gasteiger partial charge in [0.05, 0.1) is 6.54 Å². The summed E-state index contributed by atoms with van der Waals surface area (Å²) in [6.45, 7) is 8.10. The summed E-state index contributed by atoms with van der Waals surface area (Å²) in [4.78, 5) is 26.3. The van der Waals surface area contributed by atoms with Crippen LogP contribution in [0, 0.1) is 0 Å². The number of nitrogens with zero attached hydrogens (tertiary/aromatic N) is 2. The molecule has 1 rings (SSSR count). The maximum absolute atomic E-state index is 11.8. The third-order valence-corrected chi connectivity index (χ3v) is 3.75. The normalized spacial score (nSPS) is 21.9. The minimum Gasteiger partial charge on any atom is -0.480 e. The molecule has 1 fully saturated rings. The van der Waals surface area contributed by atoms with E-state index in [9.17, 15) is 9.59 Å². The number of aliphatic carboxylic acids is 1. The highest BCUT2D eigenvalue weighted by molar-refractivity contribution is 5.74. The molecule has 1 aliphatic carbocycles. The molecule has 19 heavy (non-hydrogen) atoms. The molecule has 0 atom stereocenters. The summed E-state index contributed by atoms with van der Waals surface area (Å²) < 4.78 is 0. The van der Waals surface area contributed by atoms with Crippen molar-refractivity contribution in [2.24, 2.45) is 0 Å². The van der Waals surface area contributed by atoms with E-state index < -0.39 is 5.97 Å². The average Bonchev–Trinajstić information content (AvgIpc) is 2.32. The van der Waals surface area contributed by atoms with Crippen molar-refractivity contribution in [2.45, 2.75) is 45.7 Å². The summed E-state index contributed by atoms with van der Waals surface area (Å²) in [5.74, 6) is -0.794. The molecule has 0 heterocycles. The topological polar surface area (TPSA) is 72.9 Å². The van der Waals surface area contributed by atoms with Crippen molar-refractivity contribution in [2.75, 3.05) is 26.2 Å². The second-order valence-electron chi connectivity index (χ2n) is 4.90. The van der Waals surface area contributed by atoms with Crippen molar-refractivity contribution in [3.8, 4) is 0 Å². The maximum Gasteiger partial charge on any atom is 0.317 e. The fraction of sp³-hybridized carbons (Fsp3) is 0.846. The monoisotopic (exact) mass is 271 g/mol. The fourth-order valence-corrected chi connectivity index (χ4v) is 2.45. The molecule has 2 N–H and O–H groups in total. The molecule has 0 radical (unpaired) electrons. The number of likely N-dealkylation sites (N-methyl/N-ethyl adjacent to an activating group) is 1. The Labute approximate surface area is 114 Å². The van der Waals surface area contributed by atoms with E-state index in [0.29, 0.717) is 13.1 Å². The van der Waals surface area contributed by atoms with Gasteiger partial charge in [0.1, 0.15) is 0 Å². The van der Waals surface area contributed by atoms with Crippen LogP contribution < -0.4 is 5.32 Å². The number of carbonyl (C=O) groups is 2. The highest BCUT2D eigenvalue weighted by Gasteiger charge is 2.35. The zero-order chi connectivity index (χ0) is 14.4. The molecular weight excluding hydrogens is 246 g/mol. The molecule has 2 amide bonds. The van der Waals surface area contributed by atoms with E-state index >= 15 is 0 Å². The van der Waals surface area contributed by atoms with Gasteiger partial charge in [0.25, 0.3) is 0 Å². The second-order valence-corrected chi connectivity index (χ2v) is 4.90. The Balaban J connectivity index is 2.33. The molecule has 1 saturated carbocycles. The Morgan fingerprint density at radius 3 is 2.16 bits per heavy atom. The number of amides is 2. The van der Waals surface area contributed by atoms with Crippen LogP contribution >= 0.6 is 0 Å². The van der Waals surface area contributed by atoms with Crippen LogP contribution in [-0.4, -0.2) is 65.2 Å². The predicted octanol–water partition coefficient (Wildman–Crippen LogP) is 0.975. The Kier molecular flexibility index (Phi) is 6.08. The smallest absolute Gasteiger partial charge is 0.317 e. The molecule has 110 valence electrons. The van der Waals surface area contributed by atoms with Crippen molar-refractivity contribution < 1.29 is 14.7 Å². The molecule has 0 aromatic carbocycles. The third kappa shape index (κ3) is 4.38. The maximum atomic E-state index is 11.8. The van der Waals surface area contributed by atoms with Crippen LogP contribution in [0.15, 0.2) is 0 Å². The largest absolute Gasteiger partial charge is 0.480 e. The molecule has 6 heteroatoms. The molecular formula is C13H25N3O3. The van der Waals surface area contributed by atoms with Crippen LogP contribution in [0.4, 0.5) is 4.79 Å². The molecule has 6 nitrogen and oxygen atoms in total. The first-order valence-corrected chi connectivity index (χ1v) is 7.03. The van der Waals surface area contributed by atoms with E-state index in [-0.39, 0.29) is 24.7 Å². The number of carbonyl (C=O) groups excluding carboxylic acids is 1. The van der Waals surface area contributed by atoms with E-state index in [1.165, 1.54) is 0 Å². The van der Waals surface area contributed by atoms with E-state index in [0.717, 1.165) is 19.4 Å². The third-order valence-electron chi connectivity index (χ3n) is 3.75. The standard InChI is InChI=1S/C13H25N3O3/c1-4-15(5-2)13(19)14-10-7-11(8-10)16(6-3)9-12(17)18/h10-11H,4-9H2,1-3H3,(H,14,19)(H,17,18). The van der Waals surface area contributed by atoms with Gasteiger partial charge in [-0.05, 0) is 33.2 Å². The lowest BCUT2D eigenvalue weighted by Crippen LogP contribution is -2.56. The summed E-state index contributed by atoms with van der Waals surface area (Å²) >= 11 is 0. The lowest BCUT2D eigenvalue weighted by Gasteiger charge is -2.42. The molecule has 0 saturated heterocycles. The van der Waals surface area contributed by atoms with Crippen LogP contribution in [0.1, 0.15) is 33.6 Å². The van der Waals surface area contributed by atoms with Crippen LogP contribution in [-0.2, 0) is 4.79 Å². The highest BCUT2D eigenvalue weighted by atomic mass is 16.4. The molecule has 0 aliphatic heterocycles. The first-order chi connectivity index (χ1) is 9.01. The van der Waals surface area contributed by atoms with Crippen molar-refractivity contribution in [1.29, 1.82) is 0 Å². The summed E-state index contributed by atoms with van der Waals surface area (Å²) in [6, 6.07) is 0.443. The van der Waals surface area contributed by atoms with Crippen LogP contribution in [0.5, 0.6) is 0 Å². The van der Waals surface area contributed by atoms with Crippen molar-refractivity contribution in [1.82, 2.24) is 15.1 Å². The van der Waals surface area contributed by atoms with Crippen LogP contribution in [0.3, 0.4) is 0 Å². The van der Waals surface area contributed by atoms with E-state index in [1.54, 1.807) is 4.90 Å². The van der Waals surface area contributed by atoms with Gasteiger partial charge in [-0.15, -0.1) is 0 Å². The minimum atomic E-state index is -0.794. The van der Waals surface area contributed by atoms with Gasteiger partial charge >= 0.3 is 12.0 Å². The number of hydrogen-bond acceptors (Lipinski definition) is 3. The van der Waals surface area contributed by atoms with Gasteiger partial charge in [0.15, 0.2) is 0 Å². The fourth-order valence-electron chi connectivity index (χ4n) is 2.45. The Morgan fingerprint density at radius 1 is 1.16 bits per heavy atom. The summed E-state index contributed by atoms with van der Waals surface area (Å²) in [5.41, 5.74) is 0. The predicted molar refractivity (Wildman–Crippen MR) is 73.1 cm³/mol. The Morgan fingerprint density at radius 2 is 1.74 bits per heavy atom. The number of carboxylic acid groups (broad SMARTS) is 1. The lowest BCUT2D eigenvalue weighted by atomic mass is 9.85. The molecule has 0 aromatic heterocycles. The van der Waals surface area contributed by atoms with E-state index in [2.05, 4.69) is 5.32 Å². The first kappa shape index (κ1) is 15.8. The van der Waals surface area contributed by atoms with Gasteiger partial charge in [-0.25, -0.2) is 4.79 Å². The molecule has 0 unspecified atom stereocenters. The minimum absolute atomic E-state index is 0.0188. The Hall–Kier alpha value is -1.30. The number of carboxylic acids is 1. The van der Waals surface area contributed by atoms with Gasteiger partial charge < -0.3 is 15.3 Å². The van der Waals surface area contributed by atoms with Crippen LogP contribution in [0.25, 0.3) is 0 Å². The van der Waals surface area contributed by atoms with Gasteiger partial charge in [-0.2, -0.15) is 0 Å². The number of urea groups is 1. The molecule has 0 bridgehead atoms. The molecule has 1 aliphatic rings.